The second kappa shape index (κ2) is 8.39. The second-order valence-electron chi connectivity index (χ2n) is 7.53. The lowest BCUT2D eigenvalue weighted by atomic mass is 10.0. The Labute approximate surface area is 157 Å². The Bertz CT molecular complexity index is 780. The minimum Gasteiger partial charge on any atom is -0.481 e. The van der Waals surface area contributed by atoms with E-state index in [2.05, 4.69) is 63.3 Å². The van der Waals surface area contributed by atoms with E-state index >= 15 is 0 Å². The van der Waals surface area contributed by atoms with Crippen LogP contribution in [0.2, 0.25) is 0 Å². The highest BCUT2D eigenvalue weighted by Gasteiger charge is 2.20. The molecule has 2 rings (SSSR count). The summed E-state index contributed by atoms with van der Waals surface area (Å²) in [5.74, 6) is 1.03. The lowest BCUT2D eigenvalue weighted by Gasteiger charge is -2.22. The van der Waals surface area contributed by atoms with Crippen LogP contribution < -0.4 is 10.1 Å². The number of carbonyl (C=O) groups is 1. The first-order chi connectivity index (χ1) is 12.2. The maximum Gasteiger partial charge on any atom is 0.261 e. The predicted molar refractivity (Wildman–Crippen MR) is 108 cm³/mol. The number of ether oxygens (including phenoxy) is 1. The van der Waals surface area contributed by atoms with Crippen molar-refractivity contribution >= 4 is 5.91 Å². The molecule has 0 saturated carbocycles. The summed E-state index contributed by atoms with van der Waals surface area (Å²) in [7, 11) is 0. The molecule has 0 aliphatic heterocycles. The van der Waals surface area contributed by atoms with E-state index in [1.165, 1.54) is 11.1 Å². The van der Waals surface area contributed by atoms with Crippen LogP contribution in [0.15, 0.2) is 36.4 Å². The molecule has 2 aromatic carbocycles. The third kappa shape index (κ3) is 4.87. The summed E-state index contributed by atoms with van der Waals surface area (Å²) in [6.45, 7) is 14.3. The van der Waals surface area contributed by atoms with Gasteiger partial charge in [0.05, 0.1) is 6.04 Å². The van der Waals surface area contributed by atoms with Crippen molar-refractivity contribution in [2.75, 3.05) is 0 Å². The van der Waals surface area contributed by atoms with Gasteiger partial charge in [-0.1, -0.05) is 44.2 Å². The molecule has 140 valence electrons. The van der Waals surface area contributed by atoms with Crippen molar-refractivity contribution in [1.82, 2.24) is 5.32 Å². The zero-order valence-electron chi connectivity index (χ0n) is 17.0. The molecule has 3 nitrogen and oxygen atoms in total. The Kier molecular flexibility index (Phi) is 6.47. The second-order valence-corrected chi connectivity index (χ2v) is 7.53. The Morgan fingerprint density at radius 3 is 2.23 bits per heavy atom. The lowest BCUT2D eigenvalue weighted by molar-refractivity contribution is -0.127. The highest BCUT2D eigenvalue weighted by molar-refractivity contribution is 5.81. The highest BCUT2D eigenvalue weighted by atomic mass is 16.5. The Morgan fingerprint density at radius 2 is 1.62 bits per heavy atom. The predicted octanol–water partition coefficient (Wildman–Crippen LogP) is 5.38. The van der Waals surface area contributed by atoms with Gasteiger partial charge in [-0.2, -0.15) is 0 Å². The normalized spacial score (nSPS) is 13.4. The fourth-order valence-corrected chi connectivity index (χ4v) is 2.91. The van der Waals surface area contributed by atoms with Gasteiger partial charge in [0.1, 0.15) is 5.75 Å². The molecule has 26 heavy (non-hydrogen) atoms. The Hall–Kier alpha value is -2.29. The van der Waals surface area contributed by atoms with Gasteiger partial charge in [0.15, 0.2) is 6.10 Å². The van der Waals surface area contributed by atoms with Crippen molar-refractivity contribution in [2.24, 2.45) is 0 Å². The summed E-state index contributed by atoms with van der Waals surface area (Å²) >= 11 is 0. The van der Waals surface area contributed by atoms with Crippen molar-refractivity contribution in [2.45, 2.75) is 66.5 Å². The third-order valence-electron chi connectivity index (χ3n) is 4.85. The molecule has 0 spiro atoms. The Morgan fingerprint density at radius 1 is 0.923 bits per heavy atom. The molecule has 0 radical (unpaired) electrons. The number of amides is 1. The quantitative estimate of drug-likeness (QED) is 0.757. The molecule has 2 aromatic rings. The SMILES string of the molecule is Cc1ccc(C(C)C)c(O[C@@H](C)C(=O)N[C@@H](C)c2ccc(C)c(C)c2)c1. The van der Waals surface area contributed by atoms with E-state index in [1.54, 1.807) is 6.92 Å². The van der Waals surface area contributed by atoms with Gasteiger partial charge in [-0.15, -0.1) is 0 Å². The van der Waals surface area contributed by atoms with E-state index in [9.17, 15) is 4.79 Å². The van der Waals surface area contributed by atoms with Gasteiger partial charge in [-0.25, -0.2) is 0 Å². The van der Waals surface area contributed by atoms with Crippen LogP contribution in [-0.4, -0.2) is 12.0 Å². The number of carbonyl (C=O) groups excluding carboxylic acids is 1. The van der Waals surface area contributed by atoms with Crippen molar-refractivity contribution in [1.29, 1.82) is 0 Å². The van der Waals surface area contributed by atoms with Crippen LogP contribution in [0.25, 0.3) is 0 Å². The van der Waals surface area contributed by atoms with Gasteiger partial charge >= 0.3 is 0 Å². The van der Waals surface area contributed by atoms with Gasteiger partial charge < -0.3 is 10.1 Å². The molecule has 1 amide bonds. The summed E-state index contributed by atoms with van der Waals surface area (Å²) in [5.41, 5.74) is 5.84. The molecular formula is C23H31NO2. The number of benzene rings is 2. The summed E-state index contributed by atoms with van der Waals surface area (Å²) in [4.78, 5) is 12.6. The van der Waals surface area contributed by atoms with Gasteiger partial charge in [0.25, 0.3) is 5.91 Å². The zero-order valence-corrected chi connectivity index (χ0v) is 17.0. The van der Waals surface area contributed by atoms with Crippen LogP contribution >= 0.6 is 0 Å². The van der Waals surface area contributed by atoms with Crippen molar-refractivity contribution in [3.8, 4) is 5.75 Å². The first-order valence-corrected chi connectivity index (χ1v) is 9.33. The van der Waals surface area contributed by atoms with Gasteiger partial charge in [0.2, 0.25) is 0 Å². The van der Waals surface area contributed by atoms with E-state index in [0.29, 0.717) is 5.92 Å². The van der Waals surface area contributed by atoms with Crippen molar-refractivity contribution < 1.29 is 9.53 Å². The molecule has 0 aliphatic rings. The lowest BCUT2D eigenvalue weighted by Crippen LogP contribution is -2.38. The molecule has 0 aliphatic carbocycles. The Balaban J connectivity index is 2.08. The van der Waals surface area contributed by atoms with Crippen LogP contribution in [0.5, 0.6) is 5.75 Å². The monoisotopic (exact) mass is 353 g/mol. The van der Waals surface area contributed by atoms with Crippen LogP contribution in [0.1, 0.15) is 67.5 Å². The maximum atomic E-state index is 12.6. The van der Waals surface area contributed by atoms with Crippen LogP contribution in [0.3, 0.4) is 0 Å². The average molecular weight is 354 g/mol. The van der Waals surface area contributed by atoms with E-state index in [1.807, 2.05) is 19.9 Å². The van der Waals surface area contributed by atoms with Crippen LogP contribution in [-0.2, 0) is 4.79 Å². The number of aryl methyl sites for hydroxylation is 3. The highest BCUT2D eigenvalue weighted by Crippen LogP contribution is 2.28. The molecule has 0 heterocycles. The maximum absolute atomic E-state index is 12.6. The minimum absolute atomic E-state index is 0.0603. The molecular weight excluding hydrogens is 322 g/mol. The number of rotatable bonds is 6. The number of hydrogen-bond donors (Lipinski definition) is 1. The smallest absolute Gasteiger partial charge is 0.261 e. The standard InChI is InChI=1S/C23H31NO2/c1-14(2)21-11-8-15(3)12-22(21)26-19(7)23(25)24-18(6)20-10-9-16(4)17(5)13-20/h8-14,18-19H,1-7H3,(H,24,25)/t18-,19-/m0/s1. The number of hydrogen-bond acceptors (Lipinski definition) is 2. The largest absolute Gasteiger partial charge is 0.481 e. The molecule has 3 heteroatoms. The fraction of sp³-hybridized carbons (Fsp3) is 0.435. The van der Waals surface area contributed by atoms with Gasteiger partial charge in [-0.3, -0.25) is 4.79 Å². The van der Waals surface area contributed by atoms with Gasteiger partial charge in [0, 0.05) is 0 Å². The van der Waals surface area contributed by atoms with E-state index < -0.39 is 6.10 Å². The van der Waals surface area contributed by atoms with Crippen LogP contribution in [0, 0.1) is 20.8 Å². The summed E-state index contributed by atoms with van der Waals surface area (Å²) in [5, 5.41) is 3.06. The molecule has 0 unspecified atom stereocenters. The topological polar surface area (TPSA) is 38.3 Å². The van der Waals surface area contributed by atoms with E-state index in [-0.39, 0.29) is 11.9 Å². The average Bonchev–Trinajstić information content (AvgIpc) is 2.56. The minimum atomic E-state index is -0.553. The van der Waals surface area contributed by atoms with Crippen molar-refractivity contribution in [3.63, 3.8) is 0 Å². The fourth-order valence-electron chi connectivity index (χ4n) is 2.91. The summed E-state index contributed by atoms with van der Waals surface area (Å²) < 4.78 is 6.02. The molecule has 2 atom stereocenters. The zero-order chi connectivity index (χ0) is 19.4. The molecule has 0 bridgehead atoms. The first-order valence-electron chi connectivity index (χ1n) is 9.33. The van der Waals surface area contributed by atoms with Gasteiger partial charge in [-0.05, 0) is 74.4 Å². The van der Waals surface area contributed by atoms with E-state index in [0.717, 1.165) is 22.4 Å². The van der Waals surface area contributed by atoms with E-state index in [4.69, 9.17) is 4.74 Å². The summed E-state index contributed by atoms with van der Waals surface area (Å²) in [6.07, 6.45) is -0.553. The number of nitrogens with one attached hydrogen (secondary N) is 1. The molecule has 0 aromatic heterocycles. The van der Waals surface area contributed by atoms with Crippen LogP contribution in [0.4, 0.5) is 0 Å². The first kappa shape index (κ1) is 20.0. The molecule has 0 fully saturated rings. The molecule has 0 saturated heterocycles. The molecule has 1 N–H and O–H groups in total. The summed E-state index contributed by atoms with van der Waals surface area (Å²) in [6, 6.07) is 12.4. The van der Waals surface area contributed by atoms with Crippen molar-refractivity contribution in [3.05, 3.63) is 64.2 Å². The third-order valence-corrected chi connectivity index (χ3v) is 4.85.